The molecule has 0 fully saturated rings. The van der Waals surface area contributed by atoms with E-state index in [2.05, 4.69) is 4.99 Å². The summed E-state index contributed by atoms with van der Waals surface area (Å²) in [7, 11) is 0. The van der Waals surface area contributed by atoms with Crippen LogP contribution in [0, 0.1) is 5.92 Å². The van der Waals surface area contributed by atoms with Gasteiger partial charge in [-0.1, -0.05) is 0 Å². The van der Waals surface area contributed by atoms with Crippen LogP contribution >= 0.6 is 0 Å². The Morgan fingerprint density at radius 2 is 2.25 bits per heavy atom. The molecule has 1 atom stereocenters. The van der Waals surface area contributed by atoms with Gasteiger partial charge in [0.1, 0.15) is 11.7 Å². The van der Waals surface area contributed by atoms with Crippen molar-refractivity contribution in [2.24, 2.45) is 10.9 Å². The number of hydrogen-bond acceptors (Lipinski definition) is 4. The minimum absolute atomic E-state index is 0.262. The Hall–Kier alpha value is -1.45. The molecule has 1 rings (SSSR count). The molecule has 0 amide bonds. The molecule has 0 aliphatic carbocycles. The molecule has 64 valence electrons. The van der Waals surface area contributed by atoms with Crippen molar-refractivity contribution in [3.8, 4) is 0 Å². The van der Waals surface area contributed by atoms with Crippen LogP contribution in [-0.2, 0) is 9.59 Å². The number of aliphatic imine (C=N–C) groups is 1. The number of hydrogen-bond donors (Lipinski definition) is 1. The number of carbonyl (C=O) groups excluding carboxylic acids is 2. The largest absolute Gasteiger partial charge is 0.503 e. The van der Waals surface area contributed by atoms with Gasteiger partial charge in [0.25, 0.3) is 0 Å². The van der Waals surface area contributed by atoms with E-state index < -0.39 is 17.5 Å². The quantitative estimate of drug-likeness (QED) is 0.582. The monoisotopic (exact) mass is 167 g/mol. The smallest absolute Gasteiger partial charge is 0.214 e. The molecule has 0 aromatic heterocycles. The van der Waals surface area contributed by atoms with Crippen LogP contribution in [0.3, 0.4) is 0 Å². The standard InChI is InChI=1S/C8H9NO3/c1-4-7(11)8(12)6(3-9-4)5(2)10/h3,6,11H,1-2H3. The van der Waals surface area contributed by atoms with Crippen molar-refractivity contribution in [3.63, 3.8) is 0 Å². The predicted molar refractivity (Wildman–Crippen MR) is 43.0 cm³/mol. The highest BCUT2D eigenvalue weighted by atomic mass is 16.3. The van der Waals surface area contributed by atoms with E-state index in [9.17, 15) is 9.59 Å². The van der Waals surface area contributed by atoms with E-state index in [1.165, 1.54) is 20.1 Å². The first-order chi connectivity index (χ1) is 5.54. The van der Waals surface area contributed by atoms with Crippen molar-refractivity contribution in [2.75, 3.05) is 0 Å². The summed E-state index contributed by atoms with van der Waals surface area (Å²) in [4.78, 5) is 25.7. The number of allylic oxidation sites excluding steroid dienone is 2. The van der Waals surface area contributed by atoms with Gasteiger partial charge in [-0.3, -0.25) is 14.6 Å². The maximum atomic E-state index is 11.2. The number of aliphatic hydroxyl groups excluding tert-OH is 1. The second-order valence-corrected chi connectivity index (χ2v) is 2.66. The van der Waals surface area contributed by atoms with Gasteiger partial charge in [-0.25, -0.2) is 0 Å². The van der Waals surface area contributed by atoms with Gasteiger partial charge < -0.3 is 5.11 Å². The number of nitrogens with zero attached hydrogens (tertiary/aromatic N) is 1. The van der Waals surface area contributed by atoms with Gasteiger partial charge in [-0.15, -0.1) is 0 Å². The Morgan fingerprint density at radius 3 is 2.75 bits per heavy atom. The van der Waals surface area contributed by atoms with Gasteiger partial charge in [-0.05, 0) is 13.8 Å². The van der Waals surface area contributed by atoms with Crippen LogP contribution in [0.25, 0.3) is 0 Å². The molecule has 1 unspecified atom stereocenters. The lowest BCUT2D eigenvalue weighted by Crippen LogP contribution is -2.27. The fraction of sp³-hybridized carbons (Fsp3) is 0.375. The van der Waals surface area contributed by atoms with Gasteiger partial charge in [-0.2, -0.15) is 0 Å². The minimum Gasteiger partial charge on any atom is -0.503 e. The van der Waals surface area contributed by atoms with Crippen molar-refractivity contribution >= 4 is 17.8 Å². The number of carbonyl (C=O) groups is 2. The van der Waals surface area contributed by atoms with Crippen molar-refractivity contribution < 1.29 is 14.7 Å². The number of rotatable bonds is 1. The number of aliphatic hydroxyl groups is 1. The average Bonchev–Trinajstić information content (AvgIpc) is 2.00. The topological polar surface area (TPSA) is 66.7 Å². The summed E-state index contributed by atoms with van der Waals surface area (Å²) in [5.41, 5.74) is 0.262. The molecule has 4 nitrogen and oxygen atoms in total. The van der Waals surface area contributed by atoms with Crippen LogP contribution in [0.2, 0.25) is 0 Å². The van der Waals surface area contributed by atoms with E-state index in [1.54, 1.807) is 0 Å². The van der Waals surface area contributed by atoms with Crippen LogP contribution in [0.4, 0.5) is 0 Å². The van der Waals surface area contributed by atoms with Crippen LogP contribution in [0.5, 0.6) is 0 Å². The maximum absolute atomic E-state index is 11.2. The maximum Gasteiger partial charge on any atom is 0.214 e. The lowest BCUT2D eigenvalue weighted by molar-refractivity contribution is -0.128. The van der Waals surface area contributed by atoms with Crippen LogP contribution in [0.15, 0.2) is 16.4 Å². The van der Waals surface area contributed by atoms with Crippen LogP contribution in [-0.4, -0.2) is 22.9 Å². The van der Waals surface area contributed by atoms with Crippen molar-refractivity contribution in [1.29, 1.82) is 0 Å². The Balaban J connectivity index is 3.01. The summed E-state index contributed by atoms with van der Waals surface area (Å²) in [6, 6.07) is 0. The molecule has 1 N–H and O–H groups in total. The Bertz CT molecular complexity index is 301. The second kappa shape index (κ2) is 2.89. The molecule has 0 spiro atoms. The first kappa shape index (κ1) is 8.64. The molecule has 0 saturated carbocycles. The van der Waals surface area contributed by atoms with Crippen molar-refractivity contribution in [2.45, 2.75) is 13.8 Å². The molecular weight excluding hydrogens is 158 g/mol. The molecule has 1 aliphatic rings. The lowest BCUT2D eigenvalue weighted by Gasteiger charge is -2.11. The summed E-state index contributed by atoms with van der Waals surface area (Å²) < 4.78 is 0. The van der Waals surface area contributed by atoms with Crippen molar-refractivity contribution in [1.82, 2.24) is 0 Å². The molecule has 1 aliphatic heterocycles. The van der Waals surface area contributed by atoms with E-state index in [4.69, 9.17) is 5.11 Å². The number of Topliss-reactive ketones (excluding diaryl/α,β-unsaturated/α-hetero) is 2. The summed E-state index contributed by atoms with van der Waals surface area (Å²) in [6.45, 7) is 2.81. The minimum atomic E-state index is -0.895. The zero-order valence-corrected chi connectivity index (χ0v) is 6.87. The third kappa shape index (κ3) is 1.28. The van der Waals surface area contributed by atoms with E-state index >= 15 is 0 Å². The van der Waals surface area contributed by atoms with Gasteiger partial charge in [0.05, 0.1) is 5.70 Å². The Labute approximate surface area is 69.6 Å². The number of ketones is 2. The van der Waals surface area contributed by atoms with Gasteiger partial charge in [0.2, 0.25) is 5.78 Å². The van der Waals surface area contributed by atoms with Gasteiger partial charge in [0, 0.05) is 6.21 Å². The van der Waals surface area contributed by atoms with E-state index in [0.29, 0.717) is 0 Å². The first-order valence-corrected chi connectivity index (χ1v) is 3.52. The zero-order valence-electron chi connectivity index (χ0n) is 6.87. The van der Waals surface area contributed by atoms with Crippen LogP contribution in [0.1, 0.15) is 13.8 Å². The highest BCUT2D eigenvalue weighted by Gasteiger charge is 2.28. The molecular formula is C8H9NO3. The van der Waals surface area contributed by atoms with Crippen molar-refractivity contribution in [3.05, 3.63) is 11.5 Å². The lowest BCUT2D eigenvalue weighted by atomic mass is 9.97. The summed E-state index contributed by atoms with van der Waals surface area (Å²) in [5, 5.41) is 9.13. The fourth-order valence-corrected chi connectivity index (χ4v) is 0.930. The molecule has 0 aromatic rings. The fourth-order valence-electron chi connectivity index (χ4n) is 0.930. The molecule has 12 heavy (non-hydrogen) atoms. The predicted octanol–water partition coefficient (Wildman–Crippen LogP) is 0.635. The Kier molecular flexibility index (Phi) is 2.08. The highest BCUT2D eigenvalue weighted by molar-refractivity contribution is 6.20. The van der Waals surface area contributed by atoms with Gasteiger partial charge >= 0.3 is 0 Å². The third-order valence-electron chi connectivity index (χ3n) is 1.71. The van der Waals surface area contributed by atoms with Crippen LogP contribution < -0.4 is 0 Å². The molecule has 0 radical (unpaired) electrons. The van der Waals surface area contributed by atoms with E-state index in [0.717, 1.165) is 0 Å². The molecule has 0 aromatic carbocycles. The molecule has 0 bridgehead atoms. The highest BCUT2D eigenvalue weighted by Crippen LogP contribution is 2.15. The summed E-state index contributed by atoms with van der Waals surface area (Å²) in [6.07, 6.45) is 1.26. The molecule has 1 heterocycles. The summed E-state index contributed by atoms with van der Waals surface area (Å²) in [5.74, 6) is -2.16. The molecule has 4 heteroatoms. The second-order valence-electron chi connectivity index (χ2n) is 2.66. The van der Waals surface area contributed by atoms with Gasteiger partial charge in [0.15, 0.2) is 5.76 Å². The average molecular weight is 167 g/mol. The van der Waals surface area contributed by atoms with E-state index in [1.807, 2.05) is 0 Å². The van der Waals surface area contributed by atoms with E-state index in [-0.39, 0.29) is 11.5 Å². The SMILES string of the molecule is CC(=O)C1C=NC(C)=C(O)C1=O. The zero-order chi connectivity index (χ0) is 9.30. The summed E-state index contributed by atoms with van der Waals surface area (Å²) >= 11 is 0. The third-order valence-corrected chi connectivity index (χ3v) is 1.71. The normalized spacial score (nSPS) is 23.2. The Morgan fingerprint density at radius 1 is 1.67 bits per heavy atom. The molecule has 0 saturated heterocycles. The first-order valence-electron chi connectivity index (χ1n) is 3.52.